The first-order valence-electron chi connectivity index (χ1n) is 11.7. The van der Waals surface area contributed by atoms with E-state index in [2.05, 4.69) is 32.9 Å². The molecule has 38 heavy (non-hydrogen) atoms. The molecule has 0 spiro atoms. The first-order chi connectivity index (χ1) is 18.2. The molecule has 2 aromatic carbocycles. The smallest absolute Gasteiger partial charge is 0.283 e. The van der Waals surface area contributed by atoms with E-state index in [1.807, 2.05) is 41.8 Å². The maximum atomic E-state index is 12.8. The Balaban J connectivity index is 1.36. The number of fused-ring (bicyclic) bond motifs is 1. The summed E-state index contributed by atoms with van der Waals surface area (Å²) in [6.07, 6.45) is 1.80. The van der Waals surface area contributed by atoms with E-state index in [1.54, 1.807) is 6.07 Å². The van der Waals surface area contributed by atoms with Gasteiger partial charge in [0.2, 0.25) is 0 Å². The number of thiophene rings is 1. The third kappa shape index (κ3) is 5.76. The highest BCUT2D eigenvalue weighted by Gasteiger charge is 2.22. The molecule has 0 aliphatic carbocycles. The van der Waals surface area contributed by atoms with Crippen LogP contribution in [0.2, 0.25) is 9.36 Å². The van der Waals surface area contributed by atoms with Gasteiger partial charge < -0.3 is 4.57 Å². The summed E-state index contributed by atoms with van der Waals surface area (Å²) in [6.45, 7) is 2.23. The average molecular weight is 586 g/mol. The number of pyridine rings is 1. The van der Waals surface area contributed by atoms with Gasteiger partial charge in [-0.25, -0.2) is 23.1 Å². The monoisotopic (exact) mass is 584 g/mol. The molecule has 0 atom stereocenters. The van der Waals surface area contributed by atoms with Gasteiger partial charge in [-0.3, -0.25) is 4.79 Å². The zero-order valence-corrected chi connectivity index (χ0v) is 23.3. The number of aryl methyl sites for hydroxylation is 3. The lowest BCUT2D eigenvalue weighted by atomic mass is 10.0. The molecular formula is C27H22Cl2N4O3S2. The average Bonchev–Trinajstić information content (AvgIpc) is 3.47. The zero-order valence-electron chi connectivity index (χ0n) is 20.2. The number of benzene rings is 2. The standard InChI is InChI=1S/C27H22Cl2N4O3S2/c1-17-30-22-11-12-23(27(34)32-38(35,36)25-14-13-24(29)37-25)31-26(22)33(17)16-20-10-9-19(15-21(20)28)8-7-18-5-3-2-4-6-18/h2-6,9-15H,7-8,16H2,1H3,(H,32,34). The second kappa shape index (κ2) is 10.9. The normalized spacial score (nSPS) is 11.7. The van der Waals surface area contributed by atoms with Crippen LogP contribution < -0.4 is 4.72 Å². The molecule has 0 bridgehead atoms. The molecule has 1 amide bonds. The Labute approximate surface area is 234 Å². The third-order valence-corrected chi connectivity index (χ3v) is 9.45. The van der Waals surface area contributed by atoms with E-state index in [-0.39, 0.29) is 9.90 Å². The van der Waals surface area contributed by atoms with Crippen molar-refractivity contribution in [3.05, 3.63) is 110 Å². The number of hydrogen-bond donors (Lipinski definition) is 1. The van der Waals surface area contributed by atoms with Crippen molar-refractivity contribution >= 4 is 61.6 Å². The highest BCUT2D eigenvalue weighted by atomic mass is 35.5. The van der Waals surface area contributed by atoms with Gasteiger partial charge in [0.15, 0.2) is 5.65 Å². The molecule has 194 valence electrons. The van der Waals surface area contributed by atoms with E-state index < -0.39 is 15.9 Å². The number of amides is 1. The van der Waals surface area contributed by atoms with Gasteiger partial charge in [-0.05, 0) is 66.8 Å². The van der Waals surface area contributed by atoms with Crippen molar-refractivity contribution in [3.8, 4) is 0 Å². The van der Waals surface area contributed by atoms with Gasteiger partial charge in [0, 0.05) is 5.02 Å². The van der Waals surface area contributed by atoms with Gasteiger partial charge in [-0.1, -0.05) is 65.7 Å². The van der Waals surface area contributed by atoms with E-state index in [4.69, 9.17) is 23.2 Å². The molecule has 3 aromatic heterocycles. The third-order valence-electron chi connectivity index (χ3n) is 6.05. The maximum absolute atomic E-state index is 12.8. The van der Waals surface area contributed by atoms with Crippen LogP contribution in [0.5, 0.6) is 0 Å². The number of nitrogens with zero attached hydrogens (tertiary/aromatic N) is 3. The first kappa shape index (κ1) is 26.4. The van der Waals surface area contributed by atoms with Crippen LogP contribution in [-0.4, -0.2) is 28.9 Å². The van der Waals surface area contributed by atoms with E-state index in [0.29, 0.717) is 32.9 Å². The van der Waals surface area contributed by atoms with E-state index in [0.717, 1.165) is 35.3 Å². The van der Waals surface area contributed by atoms with Crippen LogP contribution in [0.25, 0.3) is 11.2 Å². The lowest BCUT2D eigenvalue weighted by Gasteiger charge is -2.11. The van der Waals surface area contributed by atoms with E-state index >= 15 is 0 Å². The fraction of sp³-hybridized carbons (Fsp3) is 0.148. The Hall–Kier alpha value is -3.24. The number of carbonyl (C=O) groups excluding carboxylic acids is 1. The number of sulfonamides is 1. The summed E-state index contributed by atoms with van der Waals surface area (Å²) in [5.41, 5.74) is 4.28. The van der Waals surface area contributed by atoms with Crippen molar-refractivity contribution in [2.24, 2.45) is 0 Å². The summed E-state index contributed by atoms with van der Waals surface area (Å²) in [5.74, 6) is -0.155. The second-order valence-electron chi connectivity index (χ2n) is 8.69. The summed E-state index contributed by atoms with van der Waals surface area (Å²) in [4.78, 5) is 21.8. The SMILES string of the molecule is Cc1nc2ccc(C(=O)NS(=O)(=O)c3ccc(Cl)s3)nc2n1Cc1ccc(CCc2ccccc2)cc1Cl. The molecule has 5 aromatic rings. The molecular weight excluding hydrogens is 563 g/mol. The highest BCUT2D eigenvalue weighted by Crippen LogP contribution is 2.26. The van der Waals surface area contributed by atoms with Gasteiger partial charge in [-0.15, -0.1) is 11.3 Å². The van der Waals surface area contributed by atoms with E-state index in [1.165, 1.54) is 23.8 Å². The molecule has 0 fully saturated rings. The Morgan fingerprint density at radius 1 is 0.947 bits per heavy atom. The number of imidazole rings is 1. The lowest BCUT2D eigenvalue weighted by molar-refractivity contribution is 0.0977. The topological polar surface area (TPSA) is 93.9 Å². The van der Waals surface area contributed by atoms with Gasteiger partial charge in [-0.2, -0.15) is 0 Å². The summed E-state index contributed by atoms with van der Waals surface area (Å²) in [7, 11) is -4.07. The fourth-order valence-electron chi connectivity index (χ4n) is 4.08. The molecule has 0 saturated heterocycles. The Morgan fingerprint density at radius 3 is 2.42 bits per heavy atom. The molecule has 0 aliphatic rings. The van der Waals surface area contributed by atoms with Crippen LogP contribution in [0.3, 0.4) is 0 Å². The summed E-state index contributed by atoms with van der Waals surface area (Å²) in [6, 6.07) is 22.2. The van der Waals surface area contributed by atoms with Crippen molar-refractivity contribution in [1.82, 2.24) is 19.3 Å². The molecule has 1 N–H and O–H groups in total. The Kier molecular flexibility index (Phi) is 7.54. The molecule has 0 aliphatic heterocycles. The Morgan fingerprint density at radius 2 is 1.71 bits per heavy atom. The van der Waals surface area contributed by atoms with Crippen LogP contribution in [0.4, 0.5) is 0 Å². The van der Waals surface area contributed by atoms with Crippen molar-refractivity contribution in [2.75, 3.05) is 0 Å². The quantitative estimate of drug-likeness (QED) is 0.239. The van der Waals surface area contributed by atoms with Gasteiger partial charge in [0.1, 0.15) is 21.2 Å². The van der Waals surface area contributed by atoms with Crippen LogP contribution >= 0.6 is 34.5 Å². The van der Waals surface area contributed by atoms with Crippen LogP contribution in [0.1, 0.15) is 33.0 Å². The number of halogens is 2. The fourth-order valence-corrected chi connectivity index (χ4v) is 6.78. The molecule has 0 radical (unpaired) electrons. The zero-order chi connectivity index (χ0) is 26.9. The predicted molar refractivity (Wildman–Crippen MR) is 151 cm³/mol. The maximum Gasteiger partial charge on any atom is 0.283 e. The minimum Gasteiger partial charge on any atom is -0.308 e. The summed E-state index contributed by atoms with van der Waals surface area (Å²) >= 11 is 13.4. The summed E-state index contributed by atoms with van der Waals surface area (Å²) < 4.78 is 29.3. The Bertz CT molecular complexity index is 1750. The van der Waals surface area contributed by atoms with Crippen molar-refractivity contribution in [2.45, 2.75) is 30.5 Å². The number of carbonyl (C=O) groups is 1. The van der Waals surface area contributed by atoms with E-state index in [9.17, 15) is 13.2 Å². The molecule has 11 heteroatoms. The minimum absolute atomic E-state index is 0.0489. The van der Waals surface area contributed by atoms with Crippen molar-refractivity contribution < 1.29 is 13.2 Å². The van der Waals surface area contributed by atoms with Crippen molar-refractivity contribution in [3.63, 3.8) is 0 Å². The van der Waals surface area contributed by atoms with Crippen LogP contribution in [0, 0.1) is 6.92 Å². The highest BCUT2D eigenvalue weighted by molar-refractivity contribution is 7.92. The molecule has 0 saturated carbocycles. The minimum atomic E-state index is -4.07. The number of nitrogens with one attached hydrogen (secondary N) is 1. The molecule has 3 heterocycles. The van der Waals surface area contributed by atoms with Crippen molar-refractivity contribution in [1.29, 1.82) is 0 Å². The first-order valence-corrected chi connectivity index (χ1v) is 14.7. The predicted octanol–water partition coefficient (Wildman–Crippen LogP) is 6.06. The van der Waals surface area contributed by atoms with Gasteiger partial charge >= 0.3 is 0 Å². The van der Waals surface area contributed by atoms with Crippen LogP contribution in [-0.2, 0) is 29.4 Å². The molecule has 7 nitrogen and oxygen atoms in total. The van der Waals surface area contributed by atoms with Crippen LogP contribution in [0.15, 0.2) is 77.0 Å². The largest absolute Gasteiger partial charge is 0.308 e. The number of aromatic nitrogens is 3. The number of hydrogen-bond acceptors (Lipinski definition) is 6. The van der Waals surface area contributed by atoms with Gasteiger partial charge in [0.05, 0.1) is 10.9 Å². The second-order valence-corrected chi connectivity index (χ2v) is 12.7. The lowest BCUT2D eigenvalue weighted by Crippen LogP contribution is -2.30. The molecule has 0 unspecified atom stereocenters. The number of rotatable bonds is 8. The molecule has 5 rings (SSSR count). The summed E-state index contributed by atoms with van der Waals surface area (Å²) in [5, 5.41) is 0.631. The van der Waals surface area contributed by atoms with Gasteiger partial charge in [0.25, 0.3) is 15.9 Å².